The van der Waals surface area contributed by atoms with E-state index in [4.69, 9.17) is 0 Å². The average Bonchev–Trinajstić information content (AvgIpc) is 3.88. The van der Waals surface area contributed by atoms with E-state index in [0.29, 0.717) is 0 Å². The largest absolute Gasteiger partial charge is 0.309 e. The summed E-state index contributed by atoms with van der Waals surface area (Å²) >= 11 is 1.86. The molecule has 0 aliphatic rings. The molecule has 3 heteroatoms. The smallest absolute Gasteiger partial charge is 0.0541 e. The van der Waals surface area contributed by atoms with Gasteiger partial charge in [-0.2, -0.15) is 0 Å². The molecule has 0 aliphatic heterocycles. The maximum absolute atomic E-state index is 2.43. The highest BCUT2D eigenvalue weighted by Gasteiger charge is 2.20. The summed E-state index contributed by atoms with van der Waals surface area (Å²) in [6.45, 7) is 0. The van der Waals surface area contributed by atoms with Crippen LogP contribution in [0.15, 0.2) is 231 Å². The lowest BCUT2D eigenvalue weighted by atomic mass is 9.98. The Labute approximate surface area is 358 Å². The van der Waals surface area contributed by atoms with Gasteiger partial charge < -0.3 is 9.47 Å². The van der Waals surface area contributed by atoms with Crippen molar-refractivity contribution in [2.24, 2.45) is 0 Å². The van der Waals surface area contributed by atoms with Crippen LogP contribution in [0.2, 0.25) is 0 Å². The van der Waals surface area contributed by atoms with Gasteiger partial charge >= 0.3 is 0 Å². The lowest BCUT2D eigenvalue weighted by molar-refractivity contribution is 1.18. The molecule has 0 amide bonds. The lowest BCUT2D eigenvalue weighted by Crippen LogP contribution is -2.11. The second-order valence-corrected chi connectivity index (χ2v) is 16.8. The van der Waals surface area contributed by atoms with Gasteiger partial charge in [0.05, 0.1) is 22.4 Å². The molecule has 0 fully saturated rings. The summed E-state index contributed by atoms with van der Waals surface area (Å²) in [6, 6.07) is 84.1. The van der Waals surface area contributed by atoms with E-state index in [1.165, 1.54) is 86.1 Å². The highest BCUT2D eigenvalue weighted by atomic mass is 32.1. The topological polar surface area (TPSA) is 8.17 Å². The number of para-hydroxylation sites is 3. The number of nitrogens with zero attached hydrogens (tertiary/aromatic N) is 2. The number of hydrogen-bond donors (Lipinski definition) is 0. The first-order valence-corrected chi connectivity index (χ1v) is 21.6. The molecule has 0 atom stereocenters. The summed E-state index contributed by atoms with van der Waals surface area (Å²) in [6.07, 6.45) is 0. The van der Waals surface area contributed by atoms with Crippen molar-refractivity contribution in [3.05, 3.63) is 231 Å². The van der Waals surface area contributed by atoms with Crippen molar-refractivity contribution in [3.63, 3.8) is 0 Å². The Kier molecular flexibility index (Phi) is 8.39. The van der Waals surface area contributed by atoms with E-state index in [9.17, 15) is 0 Å². The van der Waals surface area contributed by atoms with Crippen molar-refractivity contribution in [3.8, 4) is 39.1 Å². The molecule has 0 radical (unpaired) electrons. The SMILES string of the molecule is c1cc(-c2ccc(-c3ccc(N(c4ccccc4-c4ccc5c(c4)sc4ccccc45)c4cccc5ccccc45)cc3)cc2)cc(-n2c3ccccc3c3ccccc32)c1. The molecule has 0 unspecified atom stereocenters. The van der Waals surface area contributed by atoms with Crippen LogP contribution in [0.3, 0.4) is 0 Å². The fraction of sp³-hybridized carbons (Fsp3) is 0. The minimum absolute atomic E-state index is 1.11. The molecule has 0 N–H and O–H groups in total. The monoisotopic (exact) mass is 794 g/mol. The fourth-order valence-electron chi connectivity index (χ4n) is 9.30. The molecule has 0 saturated heterocycles. The van der Waals surface area contributed by atoms with E-state index in [1.807, 2.05) is 11.3 Å². The van der Waals surface area contributed by atoms with Crippen LogP contribution in [0.5, 0.6) is 0 Å². The normalized spacial score (nSPS) is 11.6. The number of benzene rings is 10. The number of hydrogen-bond acceptors (Lipinski definition) is 2. The molecule has 0 saturated carbocycles. The first-order valence-electron chi connectivity index (χ1n) is 20.8. The Morgan fingerprint density at radius 3 is 1.64 bits per heavy atom. The van der Waals surface area contributed by atoms with Crippen LogP contribution in [0, 0.1) is 0 Å². The Morgan fingerprint density at radius 2 is 0.869 bits per heavy atom. The number of thiophene rings is 1. The van der Waals surface area contributed by atoms with Gasteiger partial charge in [-0.1, -0.05) is 170 Å². The standard InChI is InChI=1S/C58H38N2S/c1-2-17-47-42(13-1)14-12-25-54(47)59(53-22-7-3-18-48(53)44-33-36-52-51-21-6-10-26-57(51)61-58(52)38-44)45-34-31-40(32-35-45)39-27-29-41(30-28-39)43-15-11-16-46(37-43)60-55-23-8-4-19-49(55)50-20-5-9-24-56(50)60/h1-38H. The van der Waals surface area contributed by atoms with Gasteiger partial charge in [-0.25, -0.2) is 0 Å². The van der Waals surface area contributed by atoms with Gasteiger partial charge in [0.2, 0.25) is 0 Å². The van der Waals surface area contributed by atoms with Crippen LogP contribution >= 0.6 is 11.3 Å². The lowest BCUT2D eigenvalue weighted by Gasteiger charge is -2.29. The minimum atomic E-state index is 1.11. The van der Waals surface area contributed by atoms with Gasteiger partial charge in [0.1, 0.15) is 0 Å². The molecule has 2 nitrogen and oxygen atoms in total. The van der Waals surface area contributed by atoms with Gasteiger partial charge in [0, 0.05) is 53.3 Å². The Balaban J connectivity index is 0.911. The highest BCUT2D eigenvalue weighted by molar-refractivity contribution is 7.25. The number of aromatic nitrogens is 1. The summed E-state index contributed by atoms with van der Waals surface area (Å²) in [5.41, 5.74) is 14.1. The fourth-order valence-corrected chi connectivity index (χ4v) is 10.4. The zero-order chi connectivity index (χ0) is 40.3. The van der Waals surface area contributed by atoms with Crippen LogP contribution in [0.25, 0.3) is 91.8 Å². The van der Waals surface area contributed by atoms with Crippen molar-refractivity contribution in [2.45, 2.75) is 0 Å². The second kappa shape index (κ2) is 14.5. The molecule has 0 bridgehead atoms. The van der Waals surface area contributed by atoms with E-state index in [0.717, 1.165) is 22.7 Å². The van der Waals surface area contributed by atoms with Crippen LogP contribution in [0.4, 0.5) is 17.1 Å². The summed E-state index contributed by atoms with van der Waals surface area (Å²) in [5.74, 6) is 0. The van der Waals surface area contributed by atoms with Crippen LogP contribution in [-0.4, -0.2) is 4.57 Å². The zero-order valence-electron chi connectivity index (χ0n) is 33.2. The molecule has 10 aromatic carbocycles. The molecule has 286 valence electrons. The van der Waals surface area contributed by atoms with Crippen molar-refractivity contribution in [2.75, 3.05) is 4.90 Å². The summed E-state index contributed by atoms with van der Waals surface area (Å²) < 4.78 is 5.00. The molecule has 2 aromatic heterocycles. The minimum Gasteiger partial charge on any atom is -0.309 e. The van der Waals surface area contributed by atoms with E-state index in [2.05, 4.69) is 240 Å². The van der Waals surface area contributed by atoms with Crippen molar-refractivity contribution >= 4 is 81.1 Å². The predicted molar refractivity (Wildman–Crippen MR) is 262 cm³/mol. The van der Waals surface area contributed by atoms with Crippen LogP contribution in [-0.2, 0) is 0 Å². The van der Waals surface area contributed by atoms with Gasteiger partial charge in [0.25, 0.3) is 0 Å². The number of fused-ring (bicyclic) bond motifs is 7. The first-order chi connectivity index (χ1) is 30.2. The van der Waals surface area contributed by atoms with Gasteiger partial charge in [-0.05, 0) is 93.9 Å². The third-order valence-electron chi connectivity index (χ3n) is 12.2. The quantitative estimate of drug-likeness (QED) is 0.156. The van der Waals surface area contributed by atoms with E-state index < -0.39 is 0 Å². The van der Waals surface area contributed by atoms with E-state index in [-0.39, 0.29) is 0 Å². The van der Waals surface area contributed by atoms with Gasteiger partial charge in [0.15, 0.2) is 0 Å². The van der Waals surface area contributed by atoms with Crippen LogP contribution in [0.1, 0.15) is 0 Å². The highest BCUT2D eigenvalue weighted by Crippen LogP contribution is 2.45. The Hall–Kier alpha value is -7.72. The Bertz CT molecular complexity index is 3530. The maximum atomic E-state index is 2.43. The third-order valence-corrected chi connectivity index (χ3v) is 13.3. The van der Waals surface area contributed by atoms with Gasteiger partial charge in [-0.15, -0.1) is 11.3 Å². The number of anilines is 3. The molecule has 0 aliphatic carbocycles. The summed E-state index contributed by atoms with van der Waals surface area (Å²) in [7, 11) is 0. The van der Waals surface area contributed by atoms with Crippen molar-refractivity contribution < 1.29 is 0 Å². The molecule has 12 rings (SSSR count). The third kappa shape index (κ3) is 6.01. The zero-order valence-corrected chi connectivity index (χ0v) is 34.1. The molecular weight excluding hydrogens is 757 g/mol. The average molecular weight is 795 g/mol. The van der Waals surface area contributed by atoms with Crippen molar-refractivity contribution in [1.29, 1.82) is 0 Å². The van der Waals surface area contributed by atoms with Crippen LogP contribution < -0.4 is 4.90 Å². The molecule has 12 aromatic rings. The van der Waals surface area contributed by atoms with E-state index >= 15 is 0 Å². The summed E-state index contributed by atoms with van der Waals surface area (Å²) in [5, 5.41) is 7.60. The predicted octanol–water partition coefficient (Wildman–Crippen LogP) is 16.8. The summed E-state index contributed by atoms with van der Waals surface area (Å²) in [4.78, 5) is 2.43. The van der Waals surface area contributed by atoms with Crippen molar-refractivity contribution in [1.82, 2.24) is 4.57 Å². The molecule has 2 heterocycles. The van der Waals surface area contributed by atoms with Gasteiger partial charge in [-0.3, -0.25) is 0 Å². The second-order valence-electron chi connectivity index (χ2n) is 15.7. The Morgan fingerprint density at radius 1 is 0.328 bits per heavy atom. The molecule has 0 spiro atoms. The molecular formula is C58H38N2S. The van der Waals surface area contributed by atoms with E-state index in [1.54, 1.807) is 0 Å². The maximum Gasteiger partial charge on any atom is 0.0541 e. The first kappa shape index (κ1) is 35.2. The number of rotatable bonds is 7. The molecule has 61 heavy (non-hydrogen) atoms.